The van der Waals surface area contributed by atoms with Crippen molar-refractivity contribution in [3.63, 3.8) is 0 Å². The summed E-state index contributed by atoms with van der Waals surface area (Å²) in [5.41, 5.74) is 0. The fourth-order valence-electron chi connectivity index (χ4n) is 9.00. The smallest absolute Gasteiger partial charge is 0.306 e. The molecule has 6 nitrogen and oxygen atoms in total. The number of rotatable bonds is 57. The van der Waals surface area contributed by atoms with Crippen LogP contribution >= 0.6 is 0 Å². The predicted octanol–water partition coefficient (Wildman–Crippen LogP) is 21.3. The van der Waals surface area contributed by atoms with Crippen LogP contribution in [0.3, 0.4) is 0 Å². The molecule has 0 fully saturated rings. The van der Waals surface area contributed by atoms with Gasteiger partial charge in [0.1, 0.15) is 13.2 Å². The van der Waals surface area contributed by atoms with Gasteiger partial charge in [0.05, 0.1) is 0 Å². The molecule has 1 unspecified atom stereocenters. The van der Waals surface area contributed by atoms with Crippen LogP contribution in [0.5, 0.6) is 0 Å². The third-order valence-corrected chi connectivity index (χ3v) is 13.7. The summed E-state index contributed by atoms with van der Waals surface area (Å²) in [6, 6.07) is 0. The van der Waals surface area contributed by atoms with Gasteiger partial charge in [-0.3, -0.25) is 14.4 Å². The lowest BCUT2D eigenvalue weighted by Crippen LogP contribution is -2.30. The van der Waals surface area contributed by atoms with E-state index in [-0.39, 0.29) is 31.1 Å². The van der Waals surface area contributed by atoms with Crippen LogP contribution in [0, 0.1) is 0 Å². The Balaban J connectivity index is 4.42. The summed E-state index contributed by atoms with van der Waals surface area (Å²) >= 11 is 0. The zero-order chi connectivity index (χ0) is 52.9. The highest BCUT2D eigenvalue weighted by Crippen LogP contribution is 2.17. The van der Waals surface area contributed by atoms with Gasteiger partial charge in [-0.15, -0.1) is 0 Å². The van der Waals surface area contributed by atoms with Crippen molar-refractivity contribution < 1.29 is 28.6 Å². The van der Waals surface area contributed by atoms with Crippen molar-refractivity contribution >= 4 is 17.9 Å². The lowest BCUT2D eigenvalue weighted by Gasteiger charge is -2.18. The maximum absolute atomic E-state index is 12.9. The van der Waals surface area contributed by atoms with Gasteiger partial charge in [0.15, 0.2) is 6.10 Å². The Morgan fingerprint density at radius 1 is 0.288 bits per heavy atom. The molecule has 6 heteroatoms. The standard InChI is InChI=1S/C67H118O6/c1-4-7-10-13-16-19-22-25-28-31-33-36-39-42-45-48-51-54-57-60-66(69)72-63-64(62-71-65(68)59-56-53-50-47-44-41-38-35-30-27-24-21-18-15-12-9-6-3)73-67(70)61-58-55-52-49-46-43-40-37-34-32-29-26-23-20-17-14-11-8-5-2/h7,10,16,19,25,28,32-34,36,42,45,64H,4-6,8-9,11-15,17-18,20-24,26-27,29-31,35,37-41,43-44,46-63H2,1-3H3/b10-7-,19-16-,28-25-,34-32-,36-33-,45-42-. The van der Waals surface area contributed by atoms with Crippen LogP contribution in [0.15, 0.2) is 72.9 Å². The molecular weight excluding hydrogens is 901 g/mol. The van der Waals surface area contributed by atoms with E-state index in [1.54, 1.807) is 0 Å². The largest absolute Gasteiger partial charge is 0.462 e. The van der Waals surface area contributed by atoms with E-state index in [9.17, 15) is 14.4 Å². The van der Waals surface area contributed by atoms with E-state index in [4.69, 9.17) is 14.2 Å². The quantitative estimate of drug-likeness (QED) is 0.0261. The highest BCUT2D eigenvalue weighted by molar-refractivity contribution is 5.71. The number of hydrogen-bond donors (Lipinski definition) is 0. The number of ether oxygens (including phenoxy) is 3. The van der Waals surface area contributed by atoms with Gasteiger partial charge in [0.25, 0.3) is 0 Å². The maximum atomic E-state index is 12.9. The third-order valence-electron chi connectivity index (χ3n) is 13.7. The molecule has 422 valence electrons. The van der Waals surface area contributed by atoms with E-state index >= 15 is 0 Å². The summed E-state index contributed by atoms with van der Waals surface area (Å²) in [5, 5.41) is 0. The van der Waals surface area contributed by atoms with Crippen LogP contribution < -0.4 is 0 Å². The van der Waals surface area contributed by atoms with Gasteiger partial charge < -0.3 is 14.2 Å². The normalized spacial score (nSPS) is 12.5. The Morgan fingerprint density at radius 3 is 0.863 bits per heavy atom. The SMILES string of the molecule is CC/C=C\C/C=C\C/C=C\C/C=C\C/C=C\CCCCCC(=O)OCC(COC(=O)CCCCCCCCCCCCCCCCCCC)OC(=O)CCCCCCCCC/C=C\CCCCCCCCCC. The summed E-state index contributed by atoms with van der Waals surface area (Å²) in [4.78, 5) is 38.3. The van der Waals surface area contributed by atoms with Crippen LogP contribution in [0.2, 0.25) is 0 Å². The minimum Gasteiger partial charge on any atom is -0.462 e. The van der Waals surface area contributed by atoms with Crippen molar-refractivity contribution in [3.05, 3.63) is 72.9 Å². The third kappa shape index (κ3) is 59.6. The number of carbonyl (C=O) groups is 3. The van der Waals surface area contributed by atoms with Crippen LogP contribution in [0.1, 0.15) is 316 Å². The molecule has 0 aliphatic heterocycles. The molecule has 0 N–H and O–H groups in total. The Hall–Kier alpha value is -3.15. The highest BCUT2D eigenvalue weighted by Gasteiger charge is 2.19. The summed E-state index contributed by atoms with van der Waals surface area (Å²) in [6.45, 7) is 6.54. The fraction of sp³-hybridized carbons (Fsp3) is 0.776. The molecule has 0 saturated heterocycles. The topological polar surface area (TPSA) is 78.9 Å². The second-order valence-electron chi connectivity index (χ2n) is 20.9. The van der Waals surface area contributed by atoms with Crippen LogP contribution in [-0.4, -0.2) is 37.2 Å². The van der Waals surface area contributed by atoms with Gasteiger partial charge in [-0.05, 0) is 89.9 Å². The summed E-state index contributed by atoms with van der Waals surface area (Å²) < 4.78 is 16.9. The van der Waals surface area contributed by atoms with E-state index in [2.05, 4.69) is 93.7 Å². The zero-order valence-corrected chi connectivity index (χ0v) is 48.4. The number of unbranched alkanes of at least 4 members (excludes halogenated alkanes) is 34. The Kier molecular flexibility index (Phi) is 58.7. The van der Waals surface area contributed by atoms with Crippen molar-refractivity contribution in [1.82, 2.24) is 0 Å². The molecule has 0 saturated carbocycles. The van der Waals surface area contributed by atoms with Crippen molar-refractivity contribution in [2.24, 2.45) is 0 Å². The number of allylic oxidation sites excluding steroid dienone is 12. The average Bonchev–Trinajstić information content (AvgIpc) is 3.39. The predicted molar refractivity (Wildman–Crippen MR) is 316 cm³/mol. The first-order valence-electron chi connectivity index (χ1n) is 31.4. The van der Waals surface area contributed by atoms with E-state index in [0.717, 1.165) is 96.3 Å². The number of hydrogen-bond acceptors (Lipinski definition) is 6. The van der Waals surface area contributed by atoms with E-state index in [0.29, 0.717) is 19.3 Å². The van der Waals surface area contributed by atoms with Gasteiger partial charge in [-0.2, -0.15) is 0 Å². The van der Waals surface area contributed by atoms with E-state index < -0.39 is 6.10 Å². The Labute approximate surface area is 453 Å². The first-order valence-corrected chi connectivity index (χ1v) is 31.4. The Morgan fingerprint density at radius 2 is 0.534 bits per heavy atom. The second-order valence-corrected chi connectivity index (χ2v) is 20.9. The first kappa shape index (κ1) is 69.8. The lowest BCUT2D eigenvalue weighted by atomic mass is 10.0. The lowest BCUT2D eigenvalue weighted by molar-refractivity contribution is -0.167. The Bertz CT molecular complexity index is 1360. The van der Waals surface area contributed by atoms with Gasteiger partial charge in [-0.25, -0.2) is 0 Å². The first-order chi connectivity index (χ1) is 36.0. The zero-order valence-electron chi connectivity index (χ0n) is 48.4. The van der Waals surface area contributed by atoms with Gasteiger partial charge in [0, 0.05) is 19.3 Å². The molecule has 0 aromatic rings. The molecule has 0 aromatic carbocycles. The van der Waals surface area contributed by atoms with Crippen molar-refractivity contribution in [2.45, 2.75) is 322 Å². The molecule has 0 radical (unpaired) electrons. The van der Waals surface area contributed by atoms with E-state index in [1.165, 1.54) is 180 Å². The minimum absolute atomic E-state index is 0.0849. The van der Waals surface area contributed by atoms with Crippen molar-refractivity contribution in [1.29, 1.82) is 0 Å². The molecule has 73 heavy (non-hydrogen) atoms. The maximum Gasteiger partial charge on any atom is 0.306 e. The molecule has 0 amide bonds. The number of carbonyl (C=O) groups excluding carboxylic acids is 3. The van der Waals surface area contributed by atoms with Crippen molar-refractivity contribution in [2.75, 3.05) is 13.2 Å². The highest BCUT2D eigenvalue weighted by atomic mass is 16.6. The minimum atomic E-state index is -0.791. The molecule has 1 atom stereocenters. The molecule has 0 bridgehead atoms. The van der Waals surface area contributed by atoms with Gasteiger partial charge in [0.2, 0.25) is 0 Å². The van der Waals surface area contributed by atoms with Crippen LogP contribution in [0.25, 0.3) is 0 Å². The fourth-order valence-corrected chi connectivity index (χ4v) is 9.00. The monoisotopic (exact) mass is 1020 g/mol. The summed E-state index contributed by atoms with van der Waals surface area (Å²) in [5.74, 6) is -0.907. The summed E-state index contributed by atoms with van der Waals surface area (Å²) in [6.07, 6.45) is 79.0. The van der Waals surface area contributed by atoms with E-state index in [1.807, 2.05) is 0 Å². The molecule has 0 aliphatic carbocycles. The number of esters is 3. The molecule has 0 aromatic heterocycles. The van der Waals surface area contributed by atoms with Crippen LogP contribution in [-0.2, 0) is 28.6 Å². The average molecular weight is 1020 g/mol. The molecule has 0 rings (SSSR count). The van der Waals surface area contributed by atoms with Gasteiger partial charge in [-0.1, -0.05) is 280 Å². The van der Waals surface area contributed by atoms with Crippen LogP contribution in [0.4, 0.5) is 0 Å². The molecular formula is C67H118O6. The molecule has 0 spiro atoms. The molecule has 0 heterocycles. The summed E-state index contributed by atoms with van der Waals surface area (Å²) in [7, 11) is 0. The second kappa shape index (κ2) is 61.4. The van der Waals surface area contributed by atoms with Gasteiger partial charge >= 0.3 is 17.9 Å². The van der Waals surface area contributed by atoms with Crippen molar-refractivity contribution in [3.8, 4) is 0 Å². The molecule has 0 aliphatic rings.